The number of amides is 1. The number of carbonyl (C=O) groups is 1. The molecule has 0 radical (unpaired) electrons. The molecule has 9 heteroatoms. The molecule has 2 aromatic heterocycles. The number of aryl methyl sites for hydroxylation is 2. The number of nitrogens with zero attached hydrogens (tertiary/aromatic N) is 3. The van der Waals surface area contributed by atoms with E-state index in [1.807, 2.05) is 19.9 Å². The smallest absolute Gasteiger partial charge is 0.297 e. The van der Waals surface area contributed by atoms with Gasteiger partial charge in [-0.05, 0) is 43.2 Å². The average molecular weight is 464 g/mol. The van der Waals surface area contributed by atoms with E-state index in [2.05, 4.69) is 10.2 Å². The molecule has 4 aromatic rings. The molecule has 1 atom stereocenters. The number of anilines is 1. The number of aromatic nitrogens is 2. The molecule has 2 aromatic carbocycles. The van der Waals surface area contributed by atoms with Gasteiger partial charge in [0.1, 0.15) is 10.6 Å². The van der Waals surface area contributed by atoms with Gasteiger partial charge in [-0.15, -0.1) is 10.2 Å². The fourth-order valence-electron chi connectivity index (χ4n) is 4.12. The second kappa shape index (κ2) is 8.00. The van der Waals surface area contributed by atoms with Crippen molar-refractivity contribution >= 4 is 33.3 Å². The maximum atomic E-state index is 13.7. The lowest BCUT2D eigenvalue weighted by atomic mass is 9.98. The van der Waals surface area contributed by atoms with Gasteiger partial charge in [0, 0.05) is 6.42 Å². The third kappa shape index (κ3) is 3.36. The number of fused-ring (bicyclic) bond motifs is 2. The van der Waals surface area contributed by atoms with Crippen LogP contribution in [-0.2, 0) is 6.42 Å². The number of hydrogen-bond acceptors (Lipinski definition) is 8. The molecule has 8 nitrogen and oxygen atoms in total. The van der Waals surface area contributed by atoms with E-state index in [1.54, 1.807) is 24.3 Å². The first kappa shape index (κ1) is 21.1. The number of phenols is 1. The Morgan fingerprint density at radius 1 is 1.18 bits per heavy atom. The molecular weight excluding hydrogens is 442 g/mol. The van der Waals surface area contributed by atoms with Crippen LogP contribution < -0.4 is 15.1 Å². The summed E-state index contributed by atoms with van der Waals surface area (Å²) in [5.74, 6) is -0.278. The van der Waals surface area contributed by atoms with Crippen LogP contribution in [0.5, 0.6) is 11.5 Å². The Morgan fingerprint density at radius 2 is 2.00 bits per heavy atom. The molecule has 1 aliphatic heterocycles. The number of ether oxygens (including phenoxy) is 1. The van der Waals surface area contributed by atoms with Crippen molar-refractivity contribution in [2.75, 3.05) is 12.0 Å². The summed E-state index contributed by atoms with van der Waals surface area (Å²) in [6.45, 7) is 3.93. The molecule has 3 heterocycles. The van der Waals surface area contributed by atoms with E-state index in [-0.39, 0.29) is 28.3 Å². The fourth-order valence-corrected chi connectivity index (χ4v) is 5.09. The van der Waals surface area contributed by atoms with E-state index in [9.17, 15) is 14.7 Å². The summed E-state index contributed by atoms with van der Waals surface area (Å²) >= 11 is 1.31. The van der Waals surface area contributed by atoms with Gasteiger partial charge in [0.05, 0.1) is 24.1 Å². The van der Waals surface area contributed by atoms with Crippen molar-refractivity contribution < 1.29 is 19.1 Å². The highest BCUT2D eigenvalue weighted by Gasteiger charge is 2.45. The van der Waals surface area contributed by atoms with Gasteiger partial charge in [-0.25, -0.2) is 0 Å². The van der Waals surface area contributed by atoms with E-state index < -0.39 is 11.9 Å². The van der Waals surface area contributed by atoms with E-state index in [0.717, 1.165) is 23.4 Å². The highest BCUT2D eigenvalue weighted by molar-refractivity contribution is 7.15. The summed E-state index contributed by atoms with van der Waals surface area (Å²) in [4.78, 5) is 28.7. The number of methoxy groups -OCH3 is 1. The SMILES string of the molecule is CCCc1nnc(N2C(=O)c3oc4ccc(C)cc4c(=O)c3[C@@H]2c2ccc(O)c(OC)c2)s1. The molecular formula is C24H21N3O5S. The average Bonchev–Trinajstić information content (AvgIpc) is 3.37. The summed E-state index contributed by atoms with van der Waals surface area (Å²) < 4.78 is 11.2. The first-order valence-electron chi connectivity index (χ1n) is 10.5. The van der Waals surface area contributed by atoms with Crippen molar-refractivity contribution in [3.63, 3.8) is 0 Å². The van der Waals surface area contributed by atoms with Crippen LogP contribution in [0.1, 0.15) is 51.6 Å². The zero-order valence-electron chi connectivity index (χ0n) is 18.3. The zero-order chi connectivity index (χ0) is 23.3. The van der Waals surface area contributed by atoms with Crippen LogP contribution in [0.2, 0.25) is 0 Å². The minimum Gasteiger partial charge on any atom is -0.504 e. The fraction of sp³-hybridized carbons (Fsp3) is 0.250. The highest BCUT2D eigenvalue weighted by atomic mass is 32.1. The minimum absolute atomic E-state index is 0.0133. The van der Waals surface area contributed by atoms with Crippen LogP contribution in [0.4, 0.5) is 5.13 Å². The molecule has 1 N–H and O–H groups in total. The quantitative estimate of drug-likeness (QED) is 0.468. The molecule has 0 bridgehead atoms. The van der Waals surface area contributed by atoms with Gasteiger partial charge in [0.2, 0.25) is 10.9 Å². The van der Waals surface area contributed by atoms with Crippen LogP contribution in [0.25, 0.3) is 11.0 Å². The van der Waals surface area contributed by atoms with Crippen molar-refractivity contribution in [1.82, 2.24) is 10.2 Å². The Morgan fingerprint density at radius 3 is 2.76 bits per heavy atom. The molecule has 1 amide bonds. The number of hydrogen-bond donors (Lipinski definition) is 1. The Bertz CT molecular complexity index is 1460. The Labute approximate surface area is 193 Å². The lowest BCUT2D eigenvalue weighted by molar-refractivity contribution is 0.0970. The van der Waals surface area contributed by atoms with E-state index in [4.69, 9.17) is 9.15 Å². The Kier molecular flexibility index (Phi) is 5.13. The standard InChI is InChI=1S/C24H21N3O5S/c1-4-5-18-25-26-24(33-18)27-20(13-7-8-15(28)17(11-13)31-3)19-21(29)14-10-12(2)6-9-16(14)32-22(19)23(27)30/h6-11,20,28H,4-5H2,1-3H3/t20-/m0/s1. The maximum absolute atomic E-state index is 13.7. The summed E-state index contributed by atoms with van der Waals surface area (Å²) in [5, 5.41) is 20.1. The largest absolute Gasteiger partial charge is 0.504 e. The van der Waals surface area contributed by atoms with Crippen LogP contribution in [0.15, 0.2) is 45.6 Å². The molecule has 5 rings (SSSR count). The van der Waals surface area contributed by atoms with Crippen molar-refractivity contribution in [1.29, 1.82) is 0 Å². The number of benzene rings is 2. The minimum atomic E-state index is -0.800. The molecule has 0 unspecified atom stereocenters. The first-order chi connectivity index (χ1) is 15.9. The molecule has 1 aliphatic rings. The molecule has 0 fully saturated rings. The second-order valence-electron chi connectivity index (χ2n) is 7.91. The maximum Gasteiger partial charge on any atom is 0.297 e. The monoisotopic (exact) mass is 463 g/mol. The van der Waals surface area contributed by atoms with Gasteiger partial charge in [0.25, 0.3) is 5.91 Å². The van der Waals surface area contributed by atoms with E-state index >= 15 is 0 Å². The third-order valence-electron chi connectivity index (χ3n) is 5.67. The van der Waals surface area contributed by atoms with Crippen LogP contribution in [-0.4, -0.2) is 28.3 Å². The van der Waals surface area contributed by atoms with Gasteiger partial charge in [-0.1, -0.05) is 36.0 Å². The number of rotatable bonds is 5. The summed E-state index contributed by atoms with van der Waals surface area (Å²) in [6.07, 6.45) is 1.64. The van der Waals surface area contributed by atoms with Crippen molar-refractivity contribution in [2.45, 2.75) is 32.7 Å². The predicted octanol–water partition coefficient (Wildman–Crippen LogP) is 4.37. The third-order valence-corrected chi connectivity index (χ3v) is 6.65. The molecule has 33 heavy (non-hydrogen) atoms. The molecule has 168 valence electrons. The summed E-state index contributed by atoms with van der Waals surface area (Å²) in [5.41, 5.74) is 1.81. The lowest BCUT2D eigenvalue weighted by Gasteiger charge is -2.22. The van der Waals surface area contributed by atoms with Crippen molar-refractivity contribution in [3.05, 3.63) is 74.1 Å². The van der Waals surface area contributed by atoms with Crippen LogP contribution in [0, 0.1) is 6.92 Å². The molecule has 0 aliphatic carbocycles. The van der Waals surface area contributed by atoms with Crippen molar-refractivity contribution in [3.8, 4) is 11.5 Å². The highest BCUT2D eigenvalue weighted by Crippen LogP contribution is 2.43. The zero-order valence-corrected chi connectivity index (χ0v) is 19.1. The topological polar surface area (TPSA) is 106 Å². The second-order valence-corrected chi connectivity index (χ2v) is 8.95. The van der Waals surface area contributed by atoms with Crippen LogP contribution >= 0.6 is 11.3 Å². The molecule has 0 saturated carbocycles. The van der Waals surface area contributed by atoms with E-state index in [1.165, 1.54) is 29.4 Å². The molecule has 0 spiro atoms. The number of aromatic hydroxyl groups is 1. The first-order valence-corrected chi connectivity index (χ1v) is 11.3. The van der Waals surface area contributed by atoms with Crippen molar-refractivity contribution in [2.24, 2.45) is 0 Å². The Balaban J connectivity index is 1.78. The lowest BCUT2D eigenvalue weighted by Crippen LogP contribution is -2.29. The summed E-state index contributed by atoms with van der Waals surface area (Å²) in [6, 6.07) is 9.24. The predicted molar refractivity (Wildman–Crippen MR) is 124 cm³/mol. The number of phenolic OH excluding ortho intramolecular Hbond substituents is 1. The van der Waals surface area contributed by atoms with Gasteiger partial charge in [0.15, 0.2) is 16.9 Å². The van der Waals surface area contributed by atoms with E-state index in [0.29, 0.717) is 21.7 Å². The van der Waals surface area contributed by atoms with Gasteiger partial charge < -0.3 is 14.3 Å². The molecule has 0 saturated heterocycles. The van der Waals surface area contributed by atoms with Gasteiger partial charge in [-0.2, -0.15) is 0 Å². The summed E-state index contributed by atoms with van der Waals surface area (Å²) in [7, 11) is 1.44. The normalized spacial score (nSPS) is 15.3. The van der Waals surface area contributed by atoms with Crippen LogP contribution in [0.3, 0.4) is 0 Å². The number of carbonyl (C=O) groups excluding carboxylic acids is 1. The van der Waals surface area contributed by atoms with Gasteiger partial charge >= 0.3 is 0 Å². The Hall–Kier alpha value is -3.72. The van der Waals surface area contributed by atoms with Gasteiger partial charge in [-0.3, -0.25) is 14.5 Å².